The predicted molar refractivity (Wildman–Crippen MR) is 221 cm³/mol. The van der Waals surface area contributed by atoms with Crippen molar-refractivity contribution in [2.45, 2.75) is 28.2 Å². The average molecular weight is 878 g/mol. The highest BCUT2D eigenvalue weighted by atomic mass is 31.2. The molecule has 324 valence electrons. The van der Waals surface area contributed by atoms with Crippen LogP contribution in [-0.4, -0.2) is 68.0 Å². The number of hydrogen-bond acceptors (Lipinski definition) is 18. The van der Waals surface area contributed by atoms with E-state index in [1.807, 2.05) is 0 Å². The lowest BCUT2D eigenvalue weighted by molar-refractivity contribution is 0.195. The van der Waals surface area contributed by atoms with Crippen LogP contribution >= 0.6 is 15.2 Å². The SMILES string of the molecule is C.CCOP(=O)(COc1cc(-c2oc3cc(O)ccc3c(=O)c2O)ccc1O)OCC.CCOP(=O)(O)COc1cc(-c2oc3cc(O)ccc3c(=O)c2O)ccc1O.N. The highest BCUT2D eigenvalue weighted by Gasteiger charge is 2.26. The standard InChI is InChI=1S/C20H21O9P.C18H17O9P.CH4.H3N/c1-3-27-30(25,28-4-2)11-26-17-9-12(5-8-15(17)22)20-19(24)18(23)14-7-6-13(21)10-16(14)29-20;1-2-26-28(23,24)9-25-15-7-10(3-6-13(15)20)18-17(22)16(21)12-5-4-11(19)8-14(12)27-18;;/h5-10,21-22,24H,3-4,11H2,1-2H3;3-8,19-20,22H,2,9H2,1H3,(H,23,24);1H4;1H3. The lowest BCUT2D eigenvalue weighted by atomic mass is 10.1. The van der Waals surface area contributed by atoms with Crippen LogP contribution in [0.2, 0.25) is 0 Å². The molecule has 0 aliphatic rings. The number of benzene rings is 4. The minimum Gasteiger partial charge on any atom is -0.508 e. The van der Waals surface area contributed by atoms with Crippen molar-refractivity contribution in [2.24, 2.45) is 0 Å². The van der Waals surface area contributed by atoms with Crippen molar-refractivity contribution in [1.82, 2.24) is 6.15 Å². The van der Waals surface area contributed by atoms with Crippen molar-refractivity contribution >= 4 is 37.1 Å². The number of rotatable bonds is 14. The van der Waals surface area contributed by atoms with Gasteiger partial charge in [0.25, 0.3) is 0 Å². The second kappa shape index (κ2) is 20.3. The van der Waals surface area contributed by atoms with Gasteiger partial charge in [-0.1, -0.05) is 7.43 Å². The van der Waals surface area contributed by atoms with Gasteiger partial charge in [-0.05, 0) is 81.4 Å². The van der Waals surface area contributed by atoms with E-state index >= 15 is 0 Å². The number of phenolic OH excluding ortho intramolecular Hbond substituents is 4. The minimum atomic E-state index is -4.00. The van der Waals surface area contributed by atoms with Gasteiger partial charge in [0.2, 0.25) is 22.4 Å². The summed E-state index contributed by atoms with van der Waals surface area (Å²) < 4.78 is 61.0. The molecule has 0 fully saturated rings. The molecule has 1 atom stereocenters. The van der Waals surface area contributed by atoms with Gasteiger partial charge in [0, 0.05) is 23.3 Å². The van der Waals surface area contributed by atoms with Gasteiger partial charge in [0.15, 0.2) is 47.2 Å². The third-order valence-corrected chi connectivity index (χ3v) is 10.8. The van der Waals surface area contributed by atoms with Crippen LogP contribution in [0.5, 0.6) is 46.0 Å². The lowest BCUT2D eigenvalue weighted by Crippen LogP contribution is -2.06. The molecule has 0 bridgehead atoms. The van der Waals surface area contributed by atoms with E-state index in [-0.39, 0.29) is 112 Å². The maximum atomic E-state index is 12.6. The van der Waals surface area contributed by atoms with Crippen molar-refractivity contribution in [1.29, 1.82) is 0 Å². The summed E-state index contributed by atoms with van der Waals surface area (Å²) in [5.74, 6) is -2.80. The van der Waals surface area contributed by atoms with Gasteiger partial charge in [-0.3, -0.25) is 18.7 Å². The first kappa shape index (κ1) is 48.3. The Balaban J connectivity index is 0.000000311. The van der Waals surface area contributed by atoms with E-state index in [0.29, 0.717) is 0 Å². The molecule has 1 unspecified atom stereocenters. The molecule has 0 radical (unpaired) electrons. The molecule has 4 aromatic carbocycles. The van der Waals surface area contributed by atoms with Crippen LogP contribution in [0.15, 0.2) is 91.2 Å². The third kappa shape index (κ3) is 11.2. The molecule has 0 amide bonds. The van der Waals surface area contributed by atoms with Crippen LogP contribution in [0.1, 0.15) is 28.2 Å². The highest BCUT2D eigenvalue weighted by Crippen LogP contribution is 2.49. The number of ether oxygens (including phenoxy) is 2. The normalized spacial score (nSPS) is 12.1. The second-order valence-corrected chi connectivity index (χ2v) is 15.8. The summed E-state index contributed by atoms with van der Waals surface area (Å²) >= 11 is 0. The maximum Gasteiger partial charge on any atom is 0.367 e. The number of phenols is 4. The summed E-state index contributed by atoms with van der Waals surface area (Å²) in [6, 6.07) is 15.5. The first-order valence-electron chi connectivity index (χ1n) is 17.2. The summed E-state index contributed by atoms with van der Waals surface area (Å²) in [6.07, 6.45) is -1.16. The molecule has 0 saturated heterocycles. The number of hydrogen-bond donors (Lipinski definition) is 8. The molecular formula is C39H45NO18P2. The molecule has 0 saturated carbocycles. The third-order valence-electron chi connectivity index (χ3n) is 7.89. The first-order valence-corrected chi connectivity index (χ1v) is 20.7. The minimum absolute atomic E-state index is 0. The van der Waals surface area contributed by atoms with E-state index in [1.54, 1.807) is 20.8 Å². The Labute approximate surface area is 341 Å². The Morgan fingerprint density at radius 2 is 0.967 bits per heavy atom. The summed E-state index contributed by atoms with van der Waals surface area (Å²) in [4.78, 5) is 34.4. The smallest absolute Gasteiger partial charge is 0.367 e. The zero-order valence-corrected chi connectivity index (χ0v) is 33.5. The fourth-order valence-electron chi connectivity index (χ4n) is 5.32. The van der Waals surface area contributed by atoms with Crippen LogP contribution in [0.3, 0.4) is 0 Å². The van der Waals surface area contributed by atoms with Crippen LogP contribution < -0.4 is 26.5 Å². The van der Waals surface area contributed by atoms with Crippen LogP contribution in [0.25, 0.3) is 44.6 Å². The Morgan fingerprint density at radius 1 is 0.567 bits per heavy atom. The van der Waals surface area contributed by atoms with Gasteiger partial charge in [-0.15, -0.1) is 0 Å². The monoisotopic (exact) mass is 877 g/mol. The molecule has 0 aliphatic carbocycles. The second-order valence-electron chi connectivity index (χ2n) is 12.0. The molecule has 2 heterocycles. The van der Waals surface area contributed by atoms with E-state index in [9.17, 15) is 54.3 Å². The largest absolute Gasteiger partial charge is 0.508 e. The van der Waals surface area contributed by atoms with Crippen molar-refractivity contribution in [2.75, 3.05) is 32.5 Å². The van der Waals surface area contributed by atoms with E-state index < -0.39 is 50.2 Å². The molecule has 0 aliphatic heterocycles. The average Bonchev–Trinajstić information content (AvgIpc) is 3.17. The van der Waals surface area contributed by atoms with Gasteiger partial charge in [-0.2, -0.15) is 0 Å². The zero-order chi connectivity index (χ0) is 42.4. The number of aromatic hydroxyl groups is 6. The summed E-state index contributed by atoms with van der Waals surface area (Å²) in [6.45, 7) is 5.17. The molecule has 10 N–H and O–H groups in total. The predicted octanol–water partition coefficient (Wildman–Crippen LogP) is 8.11. The van der Waals surface area contributed by atoms with Gasteiger partial charge in [0.05, 0.1) is 30.6 Å². The first-order chi connectivity index (χ1) is 27.5. The Bertz CT molecular complexity index is 2670. The summed E-state index contributed by atoms with van der Waals surface area (Å²) in [5.41, 5.74) is -0.894. The molecule has 60 heavy (non-hydrogen) atoms. The Kier molecular flexibility index (Phi) is 16.3. The summed E-state index contributed by atoms with van der Waals surface area (Å²) in [5, 5.41) is 59.9. The maximum absolute atomic E-state index is 12.6. The van der Waals surface area contributed by atoms with Gasteiger partial charge in [0.1, 0.15) is 22.7 Å². The van der Waals surface area contributed by atoms with Crippen molar-refractivity contribution in [3.63, 3.8) is 0 Å². The Hall–Kier alpha value is -6.04. The quantitative estimate of drug-likeness (QED) is 0.0479. The van der Waals surface area contributed by atoms with Crippen molar-refractivity contribution in [3.05, 3.63) is 93.2 Å². The van der Waals surface area contributed by atoms with Crippen molar-refractivity contribution in [3.8, 4) is 68.6 Å². The van der Waals surface area contributed by atoms with Gasteiger partial charge >= 0.3 is 15.2 Å². The van der Waals surface area contributed by atoms with Crippen LogP contribution in [0, 0.1) is 0 Å². The molecule has 21 heteroatoms. The fraction of sp³-hybridized carbons (Fsp3) is 0.231. The fourth-order valence-corrected chi connectivity index (χ4v) is 7.41. The number of fused-ring (bicyclic) bond motifs is 2. The van der Waals surface area contributed by atoms with Crippen LogP contribution in [-0.2, 0) is 22.7 Å². The molecule has 0 spiro atoms. The van der Waals surface area contributed by atoms with Crippen LogP contribution in [0.4, 0.5) is 0 Å². The zero-order valence-electron chi connectivity index (χ0n) is 31.7. The van der Waals surface area contributed by atoms with E-state index in [0.717, 1.165) is 0 Å². The van der Waals surface area contributed by atoms with Gasteiger partial charge < -0.3 is 73.6 Å². The highest BCUT2D eigenvalue weighted by molar-refractivity contribution is 7.53. The van der Waals surface area contributed by atoms with Gasteiger partial charge in [-0.25, -0.2) is 0 Å². The summed E-state index contributed by atoms with van der Waals surface area (Å²) in [7, 11) is -7.54. The molecule has 2 aromatic heterocycles. The van der Waals surface area contributed by atoms with E-state index in [2.05, 4.69) is 4.52 Å². The lowest BCUT2D eigenvalue weighted by Gasteiger charge is -2.18. The molecular weight excluding hydrogens is 832 g/mol. The van der Waals surface area contributed by atoms with E-state index in [4.69, 9.17) is 27.4 Å². The molecule has 6 aromatic rings. The topological polar surface area (TPSA) is 317 Å². The Morgan fingerprint density at radius 3 is 1.37 bits per heavy atom. The molecule has 6 rings (SSSR count). The van der Waals surface area contributed by atoms with Crippen molar-refractivity contribution < 1.29 is 76.5 Å². The van der Waals surface area contributed by atoms with E-state index in [1.165, 1.54) is 72.8 Å². The molecule has 19 nitrogen and oxygen atoms in total.